The third-order valence-electron chi connectivity index (χ3n) is 4.52. The molecular formula is C25H35NO9. The zero-order valence-electron chi connectivity index (χ0n) is 20.0. The molecule has 10 heteroatoms. The summed E-state index contributed by atoms with van der Waals surface area (Å²) in [4.78, 5) is 10.1. The monoisotopic (exact) mass is 493 g/mol. The van der Waals surface area contributed by atoms with Gasteiger partial charge in [0.25, 0.3) is 5.69 Å². The number of hydrogen-bond donors (Lipinski definition) is 0. The van der Waals surface area contributed by atoms with Crippen LogP contribution in [0.3, 0.4) is 0 Å². The van der Waals surface area contributed by atoms with Crippen LogP contribution in [0.2, 0.25) is 0 Å². The Balaban J connectivity index is 1.24. The first-order valence-corrected chi connectivity index (χ1v) is 11.6. The second kappa shape index (κ2) is 19.7. The van der Waals surface area contributed by atoms with E-state index in [-0.39, 0.29) is 5.69 Å². The van der Waals surface area contributed by atoms with Gasteiger partial charge >= 0.3 is 0 Å². The Bertz CT molecular complexity index is 774. The van der Waals surface area contributed by atoms with Crippen LogP contribution < -0.4 is 4.74 Å². The van der Waals surface area contributed by atoms with Crippen LogP contribution in [0, 0.1) is 10.1 Å². The molecule has 10 nitrogen and oxygen atoms in total. The van der Waals surface area contributed by atoms with Gasteiger partial charge in [0.2, 0.25) is 0 Å². The van der Waals surface area contributed by atoms with E-state index in [0.717, 1.165) is 5.56 Å². The highest BCUT2D eigenvalue weighted by atomic mass is 16.6. The highest BCUT2D eigenvalue weighted by Crippen LogP contribution is 2.17. The second-order valence-corrected chi connectivity index (χ2v) is 7.20. The number of nitrogens with zero attached hydrogens (tertiary/aromatic N) is 1. The third-order valence-corrected chi connectivity index (χ3v) is 4.52. The normalized spacial score (nSPS) is 11.0. The standard InChI is InChI=1S/C25H35NO9/c27-26(28)24-6-8-25(9-7-24)35-21-20-33-17-16-31-13-12-29-10-11-30-14-15-32-18-19-34-22-23-4-2-1-3-5-23/h1-9H,10-22H2. The van der Waals surface area contributed by atoms with Crippen molar-refractivity contribution in [2.24, 2.45) is 0 Å². The lowest BCUT2D eigenvalue weighted by Crippen LogP contribution is -2.14. The zero-order valence-corrected chi connectivity index (χ0v) is 20.0. The quantitative estimate of drug-likeness (QED) is 0.139. The first kappa shape index (κ1) is 28.6. The van der Waals surface area contributed by atoms with Crippen molar-refractivity contribution < 1.29 is 38.1 Å². The summed E-state index contributed by atoms with van der Waals surface area (Å²) >= 11 is 0. The molecule has 0 unspecified atom stereocenters. The Morgan fingerprint density at radius 3 is 1.43 bits per heavy atom. The third kappa shape index (κ3) is 15.1. The number of non-ortho nitro benzene ring substituents is 1. The van der Waals surface area contributed by atoms with Crippen LogP contribution in [-0.4, -0.2) is 84.2 Å². The molecule has 0 amide bonds. The predicted octanol–water partition coefficient (Wildman–Crippen LogP) is 3.27. The van der Waals surface area contributed by atoms with Crippen molar-refractivity contribution >= 4 is 5.69 Å². The molecule has 0 N–H and O–H groups in total. The maximum absolute atomic E-state index is 10.6. The van der Waals surface area contributed by atoms with Crippen molar-refractivity contribution in [2.75, 3.05) is 79.3 Å². The number of nitro groups is 1. The SMILES string of the molecule is O=[N+]([O-])c1ccc(OCCOCCOCCOCCOCCOCCOCc2ccccc2)cc1. The second-order valence-electron chi connectivity index (χ2n) is 7.20. The molecule has 0 saturated heterocycles. The maximum atomic E-state index is 10.6. The molecule has 35 heavy (non-hydrogen) atoms. The summed E-state index contributed by atoms with van der Waals surface area (Å²) in [7, 11) is 0. The van der Waals surface area contributed by atoms with Gasteiger partial charge in [-0.15, -0.1) is 0 Å². The molecule has 0 aliphatic rings. The summed E-state index contributed by atoms with van der Waals surface area (Å²) in [5.41, 5.74) is 1.18. The lowest BCUT2D eigenvalue weighted by molar-refractivity contribution is -0.384. The molecule has 2 rings (SSSR count). The number of hydrogen-bond acceptors (Lipinski definition) is 9. The van der Waals surface area contributed by atoms with Crippen molar-refractivity contribution in [3.63, 3.8) is 0 Å². The van der Waals surface area contributed by atoms with Gasteiger partial charge in [-0.1, -0.05) is 30.3 Å². The zero-order chi connectivity index (χ0) is 24.8. The fourth-order valence-electron chi connectivity index (χ4n) is 2.75. The molecule has 0 aliphatic heterocycles. The average molecular weight is 494 g/mol. The van der Waals surface area contributed by atoms with E-state index in [9.17, 15) is 10.1 Å². The summed E-state index contributed by atoms with van der Waals surface area (Å²) in [6, 6.07) is 16.0. The van der Waals surface area contributed by atoms with Gasteiger partial charge < -0.3 is 33.2 Å². The lowest BCUT2D eigenvalue weighted by atomic mass is 10.2. The predicted molar refractivity (Wildman–Crippen MR) is 129 cm³/mol. The van der Waals surface area contributed by atoms with E-state index in [2.05, 4.69) is 0 Å². The maximum Gasteiger partial charge on any atom is 0.269 e. The average Bonchev–Trinajstić information content (AvgIpc) is 2.88. The number of rotatable bonds is 22. The van der Waals surface area contributed by atoms with Crippen LogP contribution in [0.4, 0.5) is 5.69 Å². The molecule has 2 aromatic rings. The fourth-order valence-corrected chi connectivity index (χ4v) is 2.75. The largest absolute Gasteiger partial charge is 0.491 e. The molecule has 194 valence electrons. The van der Waals surface area contributed by atoms with Crippen LogP contribution in [0.15, 0.2) is 54.6 Å². The minimum atomic E-state index is -0.449. The van der Waals surface area contributed by atoms with Crippen molar-refractivity contribution in [1.29, 1.82) is 0 Å². The van der Waals surface area contributed by atoms with E-state index in [1.165, 1.54) is 12.1 Å². The van der Waals surface area contributed by atoms with Gasteiger partial charge in [-0.3, -0.25) is 10.1 Å². The number of ether oxygens (including phenoxy) is 7. The van der Waals surface area contributed by atoms with Crippen LogP contribution in [-0.2, 0) is 35.0 Å². The number of benzene rings is 2. The Hall–Kier alpha value is -2.60. The molecule has 0 saturated carbocycles. The van der Waals surface area contributed by atoms with E-state index in [0.29, 0.717) is 91.6 Å². The summed E-state index contributed by atoms with van der Waals surface area (Å²) in [5.74, 6) is 0.563. The van der Waals surface area contributed by atoms with Gasteiger partial charge in [0, 0.05) is 12.1 Å². The molecule has 0 fully saturated rings. The van der Waals surface area contributed by atoms with E-state index in [1.54, 1.807) is 12.1 Å². The highest BCUT2D eigenvalue weighted by molar-refractivity contribution is 5.35. The van der Waals surface area contributed by atoms with E-state index >= 15 is 0 Å². The van der Waals surface area contributed by atoms with Gasteiger partial charge in [0.1, 0.15) is 12.4 Å². The highest BCUT2D eigenvalue weighted by Gasteiger charge is 2.04. The van der Waals surface area contributed by atoms with Crippen LogP contribution in [0.5, 0.6) is 5.75 Å². The Labute approximate surface area is 206 Å². The fraction of sp³-hybridized carbons (Fsp3) is 0.520. The molecule has 0 bridgehead atoms. The van der Waals surface area contributed by atoms with E-state index in [1.807, 2.05) is 30.3 Å². The van der Waals surface area contributed by atoms with Crippen LogP contribution in [0.25, 0.3) is 0 Å². The number of nitro benzene ring substituents is 1. The van der Waals surface area contributed by atoms with E-state index in [4.69, 9.17) is 33.2 Å². The molecule has 0 radical (unpaired) electrons. The van der Waals surface area contributed by atoms with Gasteiger partial charge in [-0.25, -0.2) is 0 Å². The minimum absolute atomic E-state index is 0.0315. The molecule has 0 heterocycles. The van der Waals surface area contributed by atoms with Crippen molar-refractivity contribution in [1.82, 2.24) is 0 Å². The first-order valence-electron chi connectivity index (χ1n) is 11.6. The summed E-state index contributed by atoms with van der Waals surface area (Å²) < 4.78 is 38.2. The van der Waals surface area contributed by atoms with Gasteiger partial charge in [0.15, 0.2) is 0 Å². The van der Waals surface area contributed by atoms with Crippen molar-refractivity contribution in [2.45, 2.75) is 6.61 Å². The minimum Gasteiger partial charge on any atom is -0.491 e. The summed E-state index contributed by atoms with van der Waals surface area (Å²) in [6.45, 7) is 6.37. The van der Waals surface area contributed by atoms with Gasteiger partial charge in [-0.2, -0.15) is 0 Å². The Morgan fingerprint density at radius 1 is 0.543 bits per heavy atom. The van der Waals surface area contributed by atoms with E-state index < -0.39 is 4.92 Å². The molecular weight excluding hydrogens is 458 g/mol. The molecule has 0 aromatic heterocycles. The molecule has 0 atom stereocenters. The smallest absolute Gasteiger partial charge is 0.269 e. The topological polar surface area (TPSA) is 108 Å². The summed E-state index contributed by atoms with van der Waals surface area (Å²) in [6.07, 6.45) is 0. The van der Waals surface area contributed by atoms with Crippen LogP contribution >= 0.6 is 0 Å². The summed E-state index contributed by atoms with van der Waals surface area (Å²) in [5, 5.41) is 10.6. The molecule has 0 aliphatic carbocycles. The van der Waals surface area contributed by atoms with Crippen LogP contribution in [0.1, 0.15) is 5.56 Å². The van der Waals surface area contributed by atoms with Gasteiger partial charge in [-0.05, 0) is 17.7 Å². The van der Waals surface area contributed by atoms with Crippen molar-refractivity contribution in [3.05, 3.63) is 70.3 Å². The lowest BCUT2D eigenvalue weighted by Gasteiger charge is -2.09. The molecule has 2 aromatic carbocycles. The first-order chi connectivity index (χ1) is 17.3. The molecule has 0 spiro atoms. The van der Waals surface area contributed by atoms with Crippen molar-refractivity contribution in [3.8, 4) is 5.75 Å². The Kier molecular flexibility index (Phi) is 16.1. The Morgan fingerprint density at radius 2 is 0.971 bits per heavy atom. The van der Waals surface area contributed by atoms with Gasteiger partial charge in [0.05, 0.1) is 84.2 Å².